The van der Waals surface area contributed by atoms with Crippen LogP contribution >= 0.6 is 11.6 Å². The maximum absolute atomic E-state index is 11.7. The number of carbonyl (C=O) groups is 1. The van der Waals surface area contributed by atoms with Crippen LogP contribution in [-0.2, 0) is 4.79 Å². The van der Waals surface area contributed by atoms with Crippen molar-refractivity contribution in [2.75, 3.05) is 17.9 Å². The van der Waals surface area contributed by atoms with Crippen molar-refractivity contribution in [1.82, 2.24) is 4.98 Å². The van der Waals surface area contributed by atoms with E-state index < -0.39 is 0 Å². The number of hydrogen-bond donors (Lipinski definition) is 0. The fourth-order valence-corrected chi connectivity index (χ4v) is 1.62. The van der Waals surface area contributed by atoms with Gasteiger partial charge in [0.15, 0.2) is 0 Å². The van der Waals surface area contributed by atoms with Gasteiger partial charge in [-0.15, -0.1) is 11.6 Å². The average molecular weight is 243 g/mol. The van der Waals surface area contributed by atoms with E-state index in [1.54, 1.807) is 23.2 Å². The number of hydrogen-bond acceptors (Lipinski definition) is 3. The molecule has 0 aliphatic rings. The Morgan fingerprint density at radius 2 is 2.31 bits per heavy atom. The normalized spacial score (nSPS) is 10.3. The molecule has 0 saturated carbocycles. The van der Waals surface area contributed by atoms with Gasteiger partial charge in [-0.1, -0.05) is 0 Å². The lowest BCUT2D eigenvalue weighted by atomic mass is 10.2. The van der Waals surface area contributed by atoms with Gasteiger partial charge in [0.2, 0.25) is 11.8 Å². The van der Waals surface area contributed by atoms with Crippen molar-refractivity contribution in [1.29, 1.82) is 0 Å². The minimum atomic E-state index is -0.164. The van der Waals surface area contributed by atoms with Gasteiger partial charge in [-0.3, -0.25) is 4.79 Å². The number of aromatic nitrogens is 1. The summed E-state index contributed by atoms with van der Waals surface area (Å²) in [6.45, 7) is 3.83. The van der Waals surface area contributed by atoms with Crippen molar-refractivity contribution in [2.45, 2.75) is 19.9 Å². The Labute approximate surface area is 100 Å². The van der Waals surface area contributed by atoms with Crippen molar-refractivity contribution in [2.24, 2.45) is 0 Å². The molecule has 0 aliphatic carbocycles. The Kier molecular flexibility index (Phi) is 4.55. The summed E-state index contributed by atoms with van der Waals surface area (Å²) in [4.78, 5) is 17.4. The first kappa shape index (κ1) is 12.8. The van der Waals surface area contributed by atoms with E-state index in [0.717, 1.165) is 0 Å². The number of ether oxygens (including phenoxy) is 1. The average Bonchev–Trinajstić information content (AvgIpc) is 2.29. The molecule has 1 aromatic rings. The highest BCUT2D eigenvalue weighted by atomic mass is 35.5. The van der Waals surface area contributed by atoms with E-state index in [1.807, 2.05) is 13.8 Å². The third-order valence-electron chi connectivity index (χ3n) is 2.10. The third-order valence-corrected chi connectivity index (χ3v) is 2.33. The van der Waals surface area contributed by atoms with E-state index in [9.17, 15) is 4.79 Å². The number of alkyl halides is 1. The third kappa shape index (κ3) is 2.64. The van der Waals surface area contributed by atoms with Crippen LogP contribution in [0.3, 0.4) is 0 Å². The van der Waals surface area contributed by atoms with Gasteiger partial charge in [0.05, 0.1) is 7.11 Å². The van der Waals surface area contributed by atoms with Crippen LogP contribution in [0.25, 0.3) is 0 Å². The summed E-state index contributed by atoms with van der Waals surface area (Å²) in [6, 6.07) is 3.55. The van der Waals surface area contributed by atoms with Gasteiger partial charge < -0.3 is 9.64 Å². The highest BCUT2D eigenvalue weighted by molar-refractivity contribution is 6.29. The molecule has 1 heterocycles. The Morgan fingerprint density at radius 3 is 2.81 bits per heavy atom. The number of pyridine rings is 1. The first-order valence-electron chi connectivity index (χ1n) is 4.98. The summed E-state index contributed by atoms with van der Waals surface area (Å²) < 4.78 is 5.12. The number of halogens is 1. The summed E-state index contributed by atoms with van der Waals surface area (Å²) in [5, 5.41) is 0. The first-order chi connectivity index (χ1) is 7.61. The molecule has 0 atom stereocenters. The highest BCUT2D eigenvalue weighted by Crippen LogP contribution is 2.27. The quantitative estimate of drug-likeness (QED) is 0.759. The van der Waals surface area contributed by atoms with Crippen molar-refractivity contribution in [3.05, 3.63) is 18.3 Å². The minimum Gasteiger partial charge on any atom is -0.480 e. The zero-order valence-corrected chi connectivity index (χ0v) is 10.4. The number of amides is 1. The van der Waals surface area contributed by atoms with E-state index in [4.69, 9.17) is 16.3 Å². The second-order valence-electron chi connectivity index (χ2n) is 3.52. The molecule has 88 valence electrons. The summed E-state index contributed by atoms with van der Waals surface area (Å²) >= 11 is 5.58. The molecule has 0 aromatic carbocycles. The monoisotopic (exact) mass is 242 g/mol. The second-order valence-corrected chi connectivity index (χ2v) is 3.79. The minimum absolute atomic E-state index is 0.00403. The van der Waals surface area contributed by atoms with E-state index in [-0.39, 0.29) is 17.8 Å². The zero-order valence-electron chi connectivity index (χ0n) is 9.61. The molecule has 0 N–H and O–H groups in total. The van der Waals surface area contributed by atoms with Crippen LogP contribution in [0.2, 0.25) is 0 Å². The summed E-state index contributed by atoms with van der Waals surface area (Å²) in [7, 11) is 1.52. The molecule has 0 spiro atoms. The fourth-order valence-electron chi connectivity index (χ4n) is 1.49. The lowest BCUT2D eigenvalue weighted by Crippen LogP contribution is -2.38. The van der Waals surface area contributed by atoms with Crippen LogP contribution in [0.4, 0.5) is 5.69 Å². The SMILES string of the molecule is COc1ncccc1N(C(=O)CCl)C(C)C. The van der Waals surface area contributed by atoms with Crippen molar-refractivity contribution in [3.8, 4) is 5.88 Å². The molecule has 16 heavy (non-hydrogen) atoms. The molecule has 1 rings (SSSR count). The molecule has 0 aliphatic heterocycles. The topological polar surface area (TPSA) is 42.4 Å². The van der Waals surface area contributed by atoms with E-state index in [0.29, 0.717) is 11.6 Å². The Bertz CT molecular complexity index is 369. The van der Waals surface area contributed by atoms with E-state index in [1.165, 1.54) is 7.11 Å². The Hall–Kier alpha value is -1.29. The van der Waals surface area contributed by atoms with Crippen LogP contribution in [0.15, 0.2) is 18.3 Å². The molecular formula is C11H15ClN2O2. The van der Waals surface area contributed by atoms with Crippen molar-refractivity contribution >= 4 is 23.2 Å². The van der Waals surface area contributed by atoms with Gasteiger partial charge >= 0.3 is 0 Å². The van der Waals surface area contributed by atoms with Crippen LogP contribution in [0, 0.1) is 0 Å². The Morgan fingerprint density at radius 1 is 1.62 bits per heavy atom. The van der Waals surface area contributed by atoms with Gasteiger partial charge in [-0.25, -0.2) is 4.98 Å². The molecule has 1 amide bonds. The molecule has 5 heteroatoms. The van der Waals surface area contributed by atoms with Gasteiger partial charge in [0, 0.05) is 12.2 Å². The number of anilines is 1. The van der Waals surface area contributed by atoms with E-state index >= 15 is 0 Å². The molecular weight excluding hydrogens is 228 g/mol. The van der Waals surface area contributed by atoms with Gasteiger partial charge in [0.1, 0.15) is 11.6 Å². The van der Waals surface area contributed by atoms with Crippen LogP contribution in [-0.4, -0.2) is 29.9 Å². The summed E-state index contributed by atoms with van der Waals surface area (Å²) in [5.41, 5.74) is 0.644. The number of methoxy groups -OCH3 is 1. The summed E-state index contributed by atoms with van der Waals surface area (Å²) in [6.07, 6.45) is 1.62. The molecule has 1 aromatic heterocycles. The van der Waals surface area contributed by atoms with Crippen molar-refractivity contribution < 1.29 is 9.53 Å². The maximum Gasteiger partial charge on any atom is 0.242 e. The van der Waals surface area contributed by atoms with Crippen molar-refractivity contribution in [3.63, 3.8) is 0 Å². The lowest BCUT2D eigenvalue weighted by molar-refractivity contribution is -0.116. The molecule has 0 unspecified atom stereocenters. The number of nitrogens with zero attached hydrogens (tertiary/aromatic N) is 2. The van der Waals surface area contributed by atoms with Crippen LogP contribution < -0.4 is 9.64 Å². The second kappa shape index (κ2) is 5.70. The number of carbonyl (C=O) groups excluding carboxylic acids is 1. The van der Waals surface area contributed by atoms with Gasteiger partial charge in [-0.2, -0.15) is 0 Å². The summed E-state index contributed by atoms with van der Waals surface area (Å²) in [5.74, 6) is 0.202. The van der Waals surface area contributed by atoms with Crippen LogP contribution in [0.1, 0.15) is 13.8 Å². The largest absolute Gasteiger partial charge is 0.480 e. The first-order valence-corrected chi connectivity index (χ1v) is 5.52. The van der Waals surface area contributed by atoms with Crippen LogP contribution in [0.5, 0.6) is 5.88 Å². The lowest BCUT2D eigenvalue weighted by Gasteiger charge is -2.26. The highest BCUT2D eigenvalue weighted by Gasteiger charge is 2.21. The number of rotatable bonds is 4. The zero-order chi connectivity index (χ0) is 12.1. The molecule has 0 bridgehead atoms. The predicted molar refractivity (Wildman–Crippen MR) is 64.1 cm³/mol. The maximum atomic E-state index is 11.7. The Balaban J connectivity index is 3.15. The molecule has 4 nitrogen and oxygen atoms in total. The molecule has 0 radical (unpaired) electrons. The van der Waals surface area contributed by atoms with Gasteiger partial charge in [0.25, 0.3) is 0 Å². The predicted octanol–water partition coefficient (Wildman–Crippen LogP) is 2.07. The smallest absolute Gasteiger partial charge is 0.242 e. The molecule has 0 saturated heterocycles. The fraction of sp³-hybridized carbons (Fsp3) is 0.455. The van der Waals surface area contributed by atoms with E-state index in [2.05, 4.69) is 4.98 Å². The van der Waals surface area contributed by atoms with Gasteiger partial charge in [-0.05, 0) is 26.0 Å². The standard InChI is InChI=1S/C11H15ClN2O2/c1-8(2)14(10(15)7-12)9-5-4-6-13-11(9)16-3/h4-6,8H,7H2,1-3H3. The molecule has 0 fully saturated rings.